The Kier molecular flexibility index (Phi) is 4.14. The molecule has 1 saturated heterocycles. The maximum atomic E-state index is 9.29. The van der Waals surface area contributed by atoms with Gasteiger partial charge in [-0.2, -0.15) is 5.10 Å². The Hall–Kier alpha value is -1.18. The van der Waals surface area contributed by atoms with E-state index in [0.29, 0.717) is 15.6 Å². The van der Waals surface area contributed by atoms with Crippen LogP contribution in [0.1, 0.15) is 5.56 Å². The minimum Gasteiger partial charge on any atom is -0.394 e. The smallest absolute Gasteiger partial charge is 0.217 e. The number of ether oxygens (including phenoxy) is 2. The van der Waals surface area contributed by atoms with E-state index in [1.807, 2.05) is 0 Å². The Morgan fingerprint density at radius 3 is 2.90 bits per heavy atom. The Morgan fingerprint density at radius 2 is 2.29 bits per heavy atom. The summed E-state index contributed by atoms with van der Waals surface area (Å²) in [7, 11) is 0. The first-order chi connectivity index (χ1) is 10.1. The second-order valence-corrected chi connectivity index (χ2v) is 5.55. The van der Waals surface area contributed by atoms with Gasteiger partial charge in [0.25, 0.3) is 0 Å². The molecule has 1 fully saturated rings. The average Bonchev–Trinajstić information content (AvgIpc) is 3.09. The lowest BCUT2D eigenvalue weighted by molar-refractivity contribution is -0.191. The first-order valence-electron chi connectivity index (χ1n) is 6.33. The molecule has 1 N–H and O–H groups in total. The molecule has 2 heterocycles. The van der Waals surface area contributed by atoms with Crippen LogP contribution in [0.3, 0.4) is 0 Å². The zero-order valence-electron chi connectivity index (χ0n) is 10.9. The van der Waals surface area contributed by atoms with Crippen LogP contribution >= 0.6 is 23.2 Å². The van der Waals surface area contributed by atoms with Crippen LogP contribution in [0.25, 0.3) is 0 Å². The highest BCUT2D eigenvalue weighted by molar-refractivity contribution is 6.35. The predicted octanol–water partition coefficient (Wildman–Crippen LogP) is 1.85. The van der Waals surface area contributed by atoms with Crippen LogP contribution in [0.2, 0.25) is 10.0 Å². The molecule has 0 spiro atoms. The van der Waals surface area contributed by atoms with Crippen molar-refractivity contribution >= 4 is 23.2 Å². The van der Waals surface area contributed by atoms with Crippen molar-refractivity contribution in [1.82, 2.24) is 14.8 Å². The Bertz CT molecular complexity index is 623. The van der Waals surface area contributed by atoms with E-state index in [9.17, 15) is 5.11 Å². The molecule has 0 radical (unpaired) electrons. The molecular weight excluding hydrogens is 317 g/mol. The van der Waals surface area contributed by atoms with Crippen molar-refractivity contribution in [2.75, 3.05) is 13.2 Å². The highest BCUT2D eigenvalue weighted by Crippen LogP contribution is 2.40. The van der Waals surface area contributed by atoms with Gasteiger partial charge in [0.1, 0.15) is 25.3 Å². The zero-order chi connectivity index (χ0) is 14.9. The summed E-state index contributed by atoms with van der Waals surface area (Å²) in [4.78, 5) is 3.90. The van der Waals surface area contributed by atoms with Crippen molar-refractivity contribution in [3.63, 3.8) is 0 Å². The molecule has 0 saturated carbocycles. The van der Waals surface area contributed by atoms with Gasteiger partial charge in [-0.1, -0.05) is 29.3 Å². The van der Waals surface area contributed by atoms with Crippen LogP contribution in [-0.4, -0.2) is 39.2 Å². The number of aliphatic hydroxyl groups is 1. The van der Waals surface area contributed by atoms with Gasteiger partial charge < -0.3 is 14.6 Å². The number of benzene rings is 1. The monoisotopic (exact) mass is 329 g/mol. The van der Waals surface area contributed by atoms with Gasteiger partial charge in [0.05, 0.1) is 18.2 Å². The van der Waals surface area contributed by atoms with Gasteiger partial charge in [-0.3, -0.25) is 0 Å². The molecule has 3 rings (SSSR count). The number of rotatable bonds is 4. The number of nitrogens with zero attached hydrogens (tertiary/aromatic N) is 3. The van der Waals surface area contributed by atoms with E-state index in [1.54, 1.807) is 29.2 Å². The molecule has 2 aromatic rings. The summed E-state index contributed by atoms with van der Waals surface area (Å²) in [5, 5.41) is 14.3. The van der Waals surface area contributed by atoms with Crippen LogP contribution in [0, 0.1) is 0 Å². The van der Waals surface area contributed by atoms with Crippen molar-refractivity contribution < 1.29 is 14.6 Å². The lowest BCUT2D eigenvalue weighted by Crippen LogP contribution is -2.34. The van der Waals surface area contributed by atoms with Crippen molar-refractivity contribution in [3.05, 3.63) is 46.5 Å². The Labute approximate surface area is 131 Å². The lowest BCUT2D eigenvalue weighted by Gasteiger charge is -2.29. The minimum atomic E-state index is -1.12. The highest BCUT2D eigenvalue weighted by Gasteiger charge is 2.45. The van der Waals surface area contributed by atoms with Crippen molar-refractivity contribution in [2.24, 2.45) is 0 Å². The van der Waals surface area contributed by atoms with Crippen LogP contribution < -0.4 is 0 Å². The Balaban J connectivity index is 1.99. The summed E-state index contributed by atoms with van der Waals surface area (Å²) < 4.78 is 13.3. The van der Waals surface area contributed by atoms with Crippen molar-refractivity contribution in [2.45, 2.75) is 18.4 Å². The maximum absolute atomic E-state index is 9.29. The van der Waals surface area contributed by atoms with Gasteiger partial charge in [-0.05, 0) is 12.1 Å². The fraction of sp³-hybridized carbons (Fsp3) is 0.385. The van der Waals surface area contributed by atoms with Crippen molar-refractivity contribution in [1.29, 1.82) is 0 Å². The SMILES string of the molecule is OC[C@@H]1CO[C@](Cn2cncn2)(c2ccc(Cl)cc2Cl)O1. The lowest BCUT2D eigenvalue weighted by atomic mass is 10.1. The molecule has 1 aromatic heterocycles. The van der Waals surface area contributed by atoms with Crippen LogP contribution in [0.15, 0.2) is 30.9 Å². The van der Waals surface area contributed by atoms with Gasteiger partial charge in [-0.15, -0.1) is 0 Å². The Morgan fingerprint density at radius 1 is 1.43 bits per heavy atom. The summed E-state index contributed by atoms with van der Waals surface area (Å²) in [6.07, 6.45) is 2.57. The highest BCUT2D eigenvalue weighted by atomic mass is 35.5. The third kappa shape index (κ3) is 2.90. The van der Waals surface area contributed by atoms with Gasteiger partial charge in [-0.25, -0.2) is 9.67 Å². The predicted molar refractivity (Wildman–Crippen MR) is 76.1 cm³/mol. The first-order valence-corrected chi connectivity index (χ1v) is 7.09. The molecule has 8 heteroatoms. The molecule has 0 unspecified atom stereocenters. The summed E-state index contributed by atoms with van der Waals surface area (Å²) in [5.74, 6) is -1.12. The quantitative estimate of drug-likeness (QED) is 0.926. The molecule has 1 aliphatic heterocycles. The standard InChI is InChI=1S/C13H13Cl2N3O3/c14-9-1-2-11(12(15)3-9)13(6-18-8-16-7-17-18)20-5-10(4-19)21-13/h1-3,7-8,10,19H,4-6H2/t10-,13+/m1/s1. The van der Waals surface area contributed by atoms with E-state index in [1.165, 1.54) is 6.33 Å². The maximum Gasteiger partial charge on any atom is 0.217 e. The number of hydrogen-bond acceptors (Lipinski definition) is 5. The van der Waals surface area contributed by atoms with E-state index in [2.05, 4.69) is 10.1 Å². The van der Waals surface area contributed by atoms with Gasteiger partial charge in [0.15, 0.2) is 0 Å². The number of aliphatic hydroxyl groups excluding tert-OH is 1. The fourth-order valence-corrected chi connectivity index (χ4v) is 2.84. The summed E-state index contributed by atoms with van der Waals surface area (Å²) in [5.41, 5.74) is 0.639. The van der Waals surface area contributed by atoms with E-state index < -0.39 is 11.9 Å². The second kappa shape index (κ2) is 5.90. The van der Waals surface area contributed by atoms with E-state index in [4.69, 9.17) is 32.7 Å². The van der Waals surface area contributed by atoms with Crippen LogP contribution in [-0.2, 0) is 21.8 Å². The molecule has 0 aliphatic carbocycles. The normalized spacial score (nSPS) is 25.4. The fourth-order valence-electron chi connectivity index (χ4n) is 2.29. The third-order valence-electron chi connectivity index (χ3n) is 3.24. The molecule has 0 amide bonds. The molecule has 2 atom stereocenters. The molecule has 1 aromatic carbocycles. The summed E-state index contributed by atoms with van der Waals surface area (Å²) >= 11 is 12.2. The van der Waals surface area contributed by atoms with Gasteiger partial charge >= 0.3 is 0 Å². The van der Waals surface area contributed by atoms with E-state index >= 15 is 0 Å². The average molecular weight is 330 g/mol. The van der Waals surface area contributed by atoms with Gasteiger partial charge in [0, 0.05) is 10.6 Å². The van der Waals surface area contributed by atoms with Gasteiger partial charge in [0.2, 0.25) is 5.79 Å². The van der Waals surface area contributed by atoms with Crippen LogP contribution in [0.5, 0.6) is 0 Å². The largest absolute Gasteiger partial charge is 0.394 e. The van der Waals surface area contributed by atoms with Crippen molar-refractivity contribution in [3.8, 4) is 0 Å². The third-order valence-corrected chi connectivity index (χ3v) is 3.79. The summed E-state index contributed by atoms with van der Waals surface area (Å²) in [6.45, 7) is 0.402. The number of hydrogen-bond donors (Lipinski definition) is 1. The second-order valence-electron chi connectivity index (χ2n) is 4.70. The summed E-state index contributed by atoms with van der Waals surface area (Å²) in [6, 6.07) is 5.09. The number of aromatic nitrogens is 3. The zero-order valence-corrected chi connectivity index (χ0v) is 12.5. The molecule has 0 bridgehead atoms. The van der Waals surface area contributed by atoms with E-state index in [0.717, 1.165) is 0 Å². The first kappa shape index (κ1) is 14.7. The van der Waals surface area contributed by atoms with E-state index in [-0.39, 0.29) is 19.8 Å². The molecule has 112 valence electrons. The minimum absolute atomic E-state index is 0.135. The molecule has 6 nitrogen and oxygen atoms in total. The molecule has 1 aliphatic rings. The molecule has 21 heavy (non-hydrogen) atoms. The van der Waals surface area contributed by atoms with Crippen LogP contribution in [0.4, 0.5) is 0 Å². The topological polar surface area (TPSA) is 69.4 Å². The molecular formula is C13H13Cl2N3O3. The number of halogens is 2.